The Morgan fingerprint density at radius 2 is 1.86 bits per heavy atom. The van der Waals surface area contributed by atoms with Crippen molar-refractivity contribution in [2.45, 2.75) is 41.7 Å². The van der Waals surface area contributed by atoms with E-state index < -0.39 is 0 Å². The van der Waals surface area contributed by atoms with Crippen molar-refractivity contribution in [3.05, 3.63) is 78.1 Å². The Balaban J connectivity index is 1.51. The zero-order valence-corrected chi connectivity index (χ0v) is 17.9. The fourth-order valence-electron chi connectivity index (χ4n) is 2.52. The van der Waals surface area contributed by atoms with E-state index >= 15 is 0 Å². The first-order valence-corrected chi connectivity index (χ1v) is 10.8. The molecule has 0 aliphatic heterocycles. The van der Waals surface area contributed by atoms with Crippen LogP contribution in [0.5, 0.6) is 0 Å². The molecule has 0 saturated carbocycles. The molecule has 0 saturated heterocycles. The summed E-state index contributed by atoms with van der Waals surface area (Å²) in [5.41, 5.74) is 13.3. The maximum absolute atomic E-state index is 5.97. The van der Waals surface area contributed by atoms with Gasteiger partial charge in [0, 0.05) is 33.6 Å². The summed E-state index contributed by atoms with van der Waals surface area (Å²) in [6, 6.07) is 18.4. The minimum atomic E-state index is 0.154. The molecule has 1 aromatic heterocycles. The van der Waals surface area contributed by atoms with Crippen molar-refractivity contribution in [2.75, 3.05) is 11.2 Å². The summed E-state index contributed by atoms with van der Waals surface area (Å²) in [7, 11) is 0. The number of anilines is 2. The molecule has 3 aromatic rings. The zero-order valence-electron chi connectivity index (χ0n) is 16.3. The van der Waals surface area contributed by atoms with Gasteiger partial charge < -0.3 is 5.73 Å². The van der Waals surface area contributed by atoms with Gasteiger partial charge in [-0.2, -0.15) is 4.28 Å². The fourth-order valence-corrected chi connectivity index (χ4v) is 3.88. The number of hydrogen-bond donors (Lipinski definition) is 2. The van der Waals surface area contributed by atoms with Gasteiger partial charge in [-0.25, -0.2) is 0 Å². The molecule has 1 heterocycles. The summed E-state index contributed by atoms with van der Waals surface area (Å²) in [4.78, 5) is 6.17. The van der Waals surface area contributed by atoms with Crippen LogP contribution in [-0.4, -0.2) is 4.98 Å². The molecule has 2 aromatic carbocycles. The minimum Gasteiger partial charge on any atom is -0.398 e. The number of nitrogens with zero attached hydrogens (tertiary/aromatic N) is 1. The summed E-state index contributed by atoms with van der Waals surface area (Å²) < 4.78 is 5.60. The Labute approximate surface area is 175 Å². The number of nitrogens with one attached hydrogen (secondary N) is 1. The van der Waals surface area contributed by atoms with Crippen molar-refractivity contribution in [3.63, 3.8) is 0 Å². The Morgan fingerprint density at radius 3 is 2.57 bits per heavy atom. The molecular formula is C22H25N3OS2. The molecule has 0 amide bonds. The van der Waals surface area contributed by atoms with Gasteiger partial charge in [0.2, 0.25) is 0 Å². The summed E-state index contributed by atoms with van der Waals surface area (Å²) in [6.45, 7) is 6.63. The SMILES string of the molecule is CC(C)(C)c1ccc(SONc2cccc(CSc3cnccc3N)c2)cc1. The number of nitrogen functional groups attached to an aromatic ring is 1. The molecule has 0 spiro atoms. The molecule has 146 valence electrons. The highest BCUT2D eigenvalue weighted by Crippen LogP contribution is 2.29. The molecule has 3 N–H and O–H groups in total. The number of pyridine rings is 1. The summed E-state index contributed by atoms with van der Waals surface area (Å²) in [6.07, 6.45) is 3.50. The third kappa shape index (κ3) is 5.92. The Hall–Kier alpha value is -2.15. The number of benzene rings is 2. The highest BCUT2D eigenvalue weighted by molar-refractivity contribution is 7.98. The van der Waals surface area contributed by atoms with Gasteiger partial charge in [-0.1, -0.05) is 45.0 Å². The predicted octanol–water partition coefficient (Wildman–Crippen LogP) is 6.30. The smallest absolute Gasteiger partial charge is 0.0619 e. The van der Waals surface area contributed by atoms with Crippen LogP contribution in [-0.2, 0) is 15.5 Å². The minimum absolute atomic E-state index is 0.154. The van der Waals surface area contributed by atoms with E-state index in [9.17, 15) is 0 Å². The average molecular weight is 412 g/mol. The maximum atomic E-state index is 5.97. The van der Waals surface area contributed by atoms with Crippen molar-refractivity contribution in [1.82, 2.24) is 4.98 Å². The number of thioether (sulfide) groups is 1. The maximum Gasteiger partial charge on any atom is 0.0619 e. The van der Waals surface area contributed by atoms with Crippen LogP contribution in [0, 0.1) is 0 Å². The lowest BCUT2D eigenvalue weighted by Gasteiger charge is -2.18. The van der Waals surface area contributed by atoms with Gasteiger partial charge in [-0.05, 0) is 46.9 Å². The van der Waals surface area contributed by atoms with E-state index in [1.54, 1.807) is 24.2 Å². The molecule has 6 heteroatoms. The van der Waals surface area contributed by atoms with Crippen LogP contribution in [0.15, 0.2) is 76.8 Å². The third-order valence-electron chi connectivity index (χ3n) is 4.16. The molecule has 0 radical (unpaired) electrons. The second-order valence-electron chi connectivity index (χ2n) is 7.45. The molecule has 4 nitrogen and oxygen atoms in total. The topological polar surface area (TPSA) is 60.2 Å². The van der Waals surface area contributed by atoms with Crippen LogP contribution in [0.25, 0.3) is 0 Å². The van der Waals surface area contributed by atoms with Gasteiger partial charge >= 0.3 is 0 Å². The molecule has 0 atom stereocenters. The van der Waals surface area contributed by atoms with E-state index in [2.05, 4.69) is 67.6 Å². The van der Waals surface area contributed by atoms with Gasteiger partial charge in [0.25, 0.3) is 0 Å². The van der Waals surface area contributed by atoms with Crippen molar-refractivity contribution in [1.29, 1.82) is 0 Å². The molecule has 0 aliphatic rings. The van der Waals surface area contributed by atoms with Crippen molar-refractivity contribution in [3.8, 4) is 0 Å². The molecule has 0 bridgehead atoms. The van der Waals surface area contributed by atoms with E-state index in [-0.39, 0.29) is 5.41 Å². The van der Waals surface area contributed by atoms with Gasteiger partial charge in [0.1, 0.15) is 0 Å². The molecular weight excluding hydrogens is 386 g/mol. The normalized spacial score (nSPS) is 11.4. The second-order valence-corrected chi connectivity index (χ2v) is 9.27. The van der Waals surface area contributed by atoms with Crippen LogP contribution in [0.4, 0.5) is 11.4 Å². The first kappa shape index (κ1) is 20.6. The molecule has 28 heavy (non-hydrogen) atoms. The number of rotatable bonds is 7. The van der Waals surface area contributed by atoms with Crippen molar-refractivity contribution < 1.29 is 4.28 Å². The van der Waals surface area contributed by atoms with Gasteiger partial charge in [0.15, 0.2) is 0 Å². The Morgan fingerprint density at radius 1 is 1.07 bits per heavy atom. The largest absolute Gasteiger partial charge is 0.398 e. The highest BCUT2D eigenvalue weighted by atomic mass is 32.2. The lowest BCUT2D eigenvalue weighted by Crippen LogP contribution is -2.10. The van der Waals surface area contributed by atoms with E-state index in [4.69, 9.17) is 10.0 Å². The van der Waals surface area contributed by atoms with Gasteiger partial charge in [-0.3, -0.25) is 10.5 Å². The standard InChI is InChI=1S/C22H25N3OS2/c1-22(2,3)17-7-9-19(10-8-17)28-26-25-18-6-4-5-16(13-18)15-27-21-14-24-12-11-20(21)23/h4-14,25H,15H2,1-3H3,(H2,23,24). The molecule has 3 rings (SSSR count). The molecule has 0 aliphatic carbocycles. The van der Waals surface area contributed by atoms with Gasteiger partial charge in [0.05, 0.1) is 17.7 Å². The van der Waals surface area contributed by atoms with E-state index in [1.165, 1.54) is 23.2 Å². The van der Waals surface area contributed by atoms with E-state index in [0.29, 0.717) is 0 Å². The number of aromatic nitrogens is 1. The molecule has 0 fully saturated rings. The monoisotopic (exact) mass is 411 g/mol. The number of nitrogens with two attached hydrogens (primary N) is 1. The highest BCUT2D eigenvalue weighted by Gasteiger charge is 2.13. The fraction of sp³-hybridized carbons (Fsp3) is 0.227. The lowest BCUT2D eigenvalue weighted by molar-refractivity contribution is 0.477. The van der Waals surface area contributed by atoms with E-state index in [0.717, 1.165) is 26.9 Å². The van der Waals surface area contributed by atoms with Gasteiger partial charge in [-0.15, -0.1) is 11.8 Å². The first-order chi connectivity index (χ1) is 13.4. The van der Waals surface area contributed by atoms with Crippen molar-refractivity contribution in [2.24, 2.45) is 0 Å². The summed E-state index contributed by atoms with van der Waals surface area (Å²) >= 11 is 2.98. The molecule has 0 unspecified atom stereocenters. The Kier molecular flexibility index (Phi) is 6.88. The van der Waals surface area contributed by atoms with Crippen LogP contribution in [0.3, 0.4) is 0 Å². The first-order valence-electron chi connectivity index (χ1n) is 9.03. The van der Waals surface area contributed by atoms with Crippen LogP contribution in [0.1, 0.15) is 31.9 Å². The Bertz CT molecular complexity index is 908. The average Bonchev–Trinajstić information content (AvgIpc) is 2.67. The van der Waals surface area contributed by atoms with Crippen molar-refractivity contribution >= 4 is 35.2 Å². The van der Waals surface area contributed by atoms with Crippen LogP contribution < -0.4 is 11.2 Å². The number of hydrogen-bond acceptors (Lipinski definition) is 6. The lowest BCUT2D eigenvalue weighted by atomic mass is 9.87. The van der Waals surface area contributed by atoms with Crippen LogP contribution >= 0.6 is 23.8 Å². The van der Waals surface area contributed by atoms with E-state index in [1.807, 2.05) is 18.2 Å². The summed E-state index contributed by atoms with van der Waals surface area (Å²) in [5, 5.41) is 0. The summed E-state index contributed by atoms with van der Waals surface area (Å²) in [5.74, 6) is 0.812. The quantitative estimate of drug-likeness (QED) is 0.270. The second kappa shape index (κ2) is 9.37. The third-order valence-corrected chi connectivity index (χ3v) is 5.92. The predicted molar refractivity (Wildman–Crippen MR) is 120 cm³/mol. The van der Waals surface area contributed by atoms with Crippen LogP contribution in [0.2, 0.25) is 0 Å². The zero-order chi connectivity index (χ0) is 20.0.